The summed E-state index contributed by atoms with van der Waals surface area (Å²) in [4.78, 5) is 28.0. The fourth-order valence-electron chi connectivity index (χ4n) is 3.82. The highest BCUT2D eigenvalue weighted by atomic mass is 32.3. The van der Waals surface area contributed by atoms with E-state index in [1.807, 2.05) is 72.8 Å². The van der Waals surface area contributed by atoms with Gasteiger partial charge < -0.3 is 18.8 Å². The Morgan fingerprint density at radius 1 is 0.711 bits per heavy atom. The van der Waals surface area contributed by atoms with Crippen LogP contribution in [-0.2, 0) is 13.7 Å². The predicted molar refractivity (Wildman–Crippen MR) is 147 cm³/mol. The van der Waals surface area contributed by atoms with Crippen molar-refractivity contribution in [2.24, 2.45) is 0 Å². The van der Waals surface area contributed by atoms with Crippen LogP contribution >= 0.6 is 10.3 Å². The fourth-order valence-corrected chi connectivity index (χ4v) is 6.84. The lowest BCUT2D eigenvalue weighted by Gasteiger charge is -2.39. The van der Waals surface area contributed by atoms with E-state index in [2.05, 4.69) is 0 Å². The average molecular weight is 531 g/mol. The first kappa shape index (κ1) is 26.8. The summed E-state index contributed by atoms with van der Waals surface area (Å²) in [5.74, 6) is -0.790. The molecule has 4 aromatic rings. The Hall–Kier alpha value is -4.23. The highest BCUT2D eigenvalue weighted by Crippen LogP contribution is 2.69. The Morgan fingerprint density at radius 2 is 1.21 bits per heavy atom. The van der Waals surface area contributed by atoms with Crippen LogP contribution in [0.25, 0.3) is 0 Å². The zero-order valence-corrected chi connectivity index (χ0v) is 22.3. The van der Waals surface area contributed by atoms with E-state index in [1.54, 1.807) is 45.0 Å². The first-order chi connectivity index (χ1) is 18.2. The number of para-hydroxylation sites is 1. The van der Waals surface area contributed by atoms with Crippen LogP contribution in [0.2, 0.25) is 0 Å². The molecule has 1 N–H and O–H groups in total. The zero-order chi connectivity index (χ0) is 27.2. The molecule has 7 heteroatoms. The standard InChI is InChI=1S/C31H30O6S/c1-31(2,3)36-29(33)22-35-23-18-20-26(21-19-23)38(24-12-6-4-7-13-24,25-14-8-5-9-15-25)37-30(34)27-16-10-11-17-28(27)32/h4-21,32H,22H2,1-3H3. The van der Waals surface area contributed by atoms with Crippen molar-refractivity contribution in [2.45, 2.75) is 41.1 Å². The number of esters is 1. The number of carbonyl (C=O) groups excluding carboxylic acids is 2. The van der Waals surface area contributed by atoms with Crippen LogP contribution in [0.5, 0.6) is 11.5 Å². The van der Waals surface area contributed by atoms with E-state index >= 15 is 0 Å². The predicted octanol–water partition coefficient (Wildman–Crippen LogP) is 7.17. The van der Waals surface area contributed by atoms with Gasteiger partial charge >= 0.3 is 11.9 Å². The van der Waals surface area contributed by atoms with E-state index < -0.39 is 27.8 Å². The van der Waals surface area contributed by atoms with Gasteiger partial charge in [-0.2, -0.15) is 0 Å². The second-order valence-corrected chi connectivity index (χ2v) is 12.1. The molecular weight excluding hydrogens is 500 g/mol. The van der Waals surface area contributed by atoms with E-state index in [-0.39, 0.29) is 17.9 Å². The minimum Gasteiger partial charge on any atom is -0.507 e. The van der Waals surface area contributed by atoms with Crippen LogP contribution in [0, 0.1) is 0 Å². The zero-order valence-electron chi connectivity index (χ0n) is 21.5. The molecule has 0 heterocycles. The summed E-state index contributed by atoms with van der Waals surface area (Å²) in [6.07, 6.45) is 0. The van der Waals surface area contributed by atoms with Gasteiger partial charge in [0.2, 0.25) is 0 Å². The molecule has 0 spiro atoms. The van der Waals surface area contributed by atoms with Crippen molar-refractivity contribution in [1.29, 1.82) is 0 Å². The highest BCUT2D eigenvalue weighted by Gasteiger charge is 2.36. The third-order valence-corrected chi connectivity index (χ3v) is 8.62. The average Bonchev–Trinajstić information content (AvgIpc) is 2.91. The van der Waals surface area contributed by atoms with E-state index in [4.69, 9.17) is 13.7 Å². The molecule has 0 aliphatic carbocycles. The van der Waals surface area contributed by atoms with Crippen molar-refractivity contribution in [3.05, 3.63) is 115 Å². The summed E-state index contributed by atoms with van der Waals surface area (Å²) in [6, 6.07) is 32.5. The van der Waals surface area contributed by atoms with Crippen molar-refractivity contribution >= 4 is 22.2 Å². The first-order valence-electron chi connectivity index (χ1n) is 12.1. The molecule has 0 aliphatic heterocycles. The molecule has 0 saturated carbocycles. The molecule has 0 saturated heterocycles. The Bertz CT molecular complexity index is 1340. The number of rotatable bonds is 8. The Balaban J connectivity index is 1.76. The largest absolute Gasteiger partial charge is 0.507 e. The van der Waals surface area contributed by atoms with Crippen molar-refractivity contribution in [3.63, 3.8) is 0 Å². The van der Waals surface area contributed by atoms with Gasteiger partial charge in [0.05, 0.1) is 0 Å². The molecule has 0 amide bonds. The van der Waals surface area contributed by atoms with Crippen molar-refractivity contribution in [1.82, 2.24) is 0 Å². The number of phenolic OH excluding ortho intramolecular Hbond substituents is 1. The summed E-state index contributed by atoms with van der Waals surface area (Å²) in [7, 11) is -2.58. The molecule has 4 aromatic carbocycles. The van der Waals surface area contributed by atoms with E-state index in [1.165, 1.54) is 12.1 Å². The minimum absolute atomic E-state index is 0.0774. The Kier molecular flexibility index (Phi) is 8.08. The van der Waals surface area contributed by atoms with Gasteiger partial charge in [0.1, 0.15) is 22.7 Å². The number of carbonyl (C=O) groups is 2. The number of phenols is 1. The summed E-state index contributed by atoms with van der Waals surface area (Å²) in [6.45, 7) is 5.16. The van der Waals surface area contributed by atoms with Crippen LogP contribution < -0.4 is 4.74 Å². The Labute approximate surface area is 224 Å². The number of ether oxygens (including phenoxy) is 2. The van der Waals surface area contributed by atoms with Gasteiger partial charge in [-0.15, -0.1) is 0 Å². The van der Waals surface area contributed by atoms with Crippen LogP contribution in [-0.4, -0.2) is 29.3 Å². The smallest absolute Gasteiger partial charge is 0.353 e. The maximum atomic E-state index is 13.5. The normalized spacial score (nSPS) is 11.9. The van der Waals surface area contributed by atoms with E-state index in [0.29, 0.717) is 5.75 Å². The molecule has 4 rings (SSSR count). The quantitative estimate of drug-likeness (QED) is 0.243. The number of hydrogen-bond donors (Lipinski definition) is 1. The van der Waals surface area contributed by atoms with Gasteiger partial charge in [0.15, 0.2) is 6.61 Å². The van der Waals surface area contributed by atoms with Crippen LogP contribution in [0.15, 0.2) is 124 Å². The Morgan fingerprint density at radius 3 is 1.74 bits per heavy atom. The maximum absolute atomic E-state index is 13.5. The molecular formula is C31H30O6S. The molecule has 38 heavy (non-hydrogen) atoms. The summed E-state index contributed by atoms with van der Waals surface area (Å²) in [5.41, 5.74) is -0.524. The van der Waals surface area contributed by atoms with E-state index in [0.717, 1.165) is 14.7 Å². The summed E-state index contributed by atoms with van der Waals surface area (Å²) < 4.78 is 17.4. The van der Waals surface area contributed by atoms with Crippen molar-refractivity contribution in [3.8, 4) is 11.5 Å². The second kappa shape index (κ2) is 11.4. The lowest BCUT2D eigenvalue weighted by atomic mass is 10.2. The molecule has 0 bridgehead atoms. The third kappa shape index (κ3) is 6.18. The van der Waals surface area contributed by atoms with Gasteiger partial charge in [-0.05, 0) is 91.7 Å². The van der Waals surface area contributed by atoms with Crippen LogP contribution in [0.3, 0.4) is 0 Å². The summed E-state index contributed by atoms with van der Waals surface area (Å²) >= 11 is 0. The lowest BCUT2D eigenvalue weighted by Crippen LogP contribution is -2.27. The minimum atomic E-state index is -2.58. The molecule has 0 atom stereocenters. The highest BCUT2D eigenvalue weighted by molar-refractivity contribution is 8.30. The molecule has 6 nitrogen and oxygen atoms in total. The van der Waals surface area contributed by atoms with Crippen LogP contribution in [0.1, 0.15) is 31.1 Å². The molecule has 0 radical (unpaired) electrons. The second-order valence-electron chi connectivity index (χ2n) is 9.42. The van der Waals surface area contributed by atoms with E-state index in [9.17, 15) is 14.7 Å². The van der Waals surface area contributed by atoms with Crippen molar-refractivity contribution in [2.75, 3.05) is 6.61 Å². The van der Waals surface area contributed by atoms with Crippen molar-refractivity contribution < 1.29 is 28.4 Å². The number of aromatic hydroxyl groups is 1. The fraction of sp³-hybridized carbons (Fsp3) is 0.161. The van der Waals surface area contributed by atoms with Gasteiger partial charge in [-0.1, -0.05) is 48.5 Å². The molecule has 0 aliphatic rings. The first-order valence-corrected chi connectivity index (χ1v) is 13.6. The van der Waals surface area contributed by atoms with Gasteiger partial charge in [-0.25, -0.2) is 9.59 Å². The molecule has 0 unspecified atom stereocenters. The monoisotopic (exact) mass is 530 g/mol. The third-order valence-electron chi connectivity index (χ3n) is 5.41. The molecule has 196 valence electrons. The maximum Gasteiger partial charge on any atom is 0.353 e. The summed E-state index contributed by atoms with van der Waals surface area (Å²) in [5, 5.41) is 10.4. The van der Waals surface area contributed by atoms with Gasteiger partial charge in [0.25, 0.3) is 0 Å². The molecule has 0 aromatic heterocycles. The topological polar surface area (TPSA) is 82.1 Å². The number of benzene rings is 4. The molecule has 0 fully saturated rings. The van der Waals surface area contributed by atoms with Gasteiger partial charge in [0, 0.05) is 14.7 Å². The number of hydrogen-bond acceptors (Lipinski definition) is 6. The van der Waals surface area contributed by atoms with Crippen LogP contribution in [0.4, 0.5) is 0 Å². The lowest BCUT2D eigenvalue weighted by molar-refractivity contribution is -0.157. The SMILES string of the molecule is CC(C)(C)OC(=O)COc1ccc(S(OC(=O)c2ccccc2O)(c2ccccc2)c2ccccc2)cc1. The van der Waals surface area contributed by atoms with Gasteiger partial charge in [-0.3, -0.25) is 0 Å².